The number of hydrogen-bond donors (Lipinski definition) is 1. The number of hydrogen-bond acceptors (Lipinski definition) is 6. The summed E-state index contributed by atoms with van der Waals surface area (Å²) in [5.41, 5.74) is -1.08. The molecule has 1 aromatic rings. The largest absolute Gasteiger partial charge is 0.437 e. The monoisotopic (exact) mass is 489 g/mol. The Labute approximate surface area is 197 Å². The Balaban J connectivity index is 1.60. The van der Waals surface area contributed by atoms with E-state index in [9.17, 15) is 27.9 Å². The molecule has 0 aliphatic carbocycles. The molecule has 9 nitrogen and oxygen atoms in total. The highest BCUT2D eigenvalue weighted by molar-refractivity contribution is 5.92. The highest BCUT2D eigenvalue weighted by atomic mass is 19.4. The van der Waals surface area contributed by atoms with Gasteiger partial charge in [-0.3, -0.25) is 9.69 Å². The van der Waals surface area contributed by atoms with Crippen LogP contribution in [-0.2, 0) is 17.8 Å². The topological polar surface area (TPSA) is 91.1 Å². The number of aliphatic hydroxyl groups is 1. The summed E-state index contributed by atoms with van der Waals surface area (Å²) in [6.45, 7) is 9.01. The first-order chi connectivity index (χ1) is 15.6. The molecular formula is C22H34F3N5O4. The van der Waals surface area contributed by atoms with Gasteiger partial charge in [-0.15, -0.1) is 0 Å². The second-order valence-corrected chi connectivity index (χ2v) is 10.2. The van der Waals surface area contributed by atoms with Crippen molar-refractivity contribution in [3.05, 3.63) is 17.7 Å². The molecule has 34 heavy (non-hydrogen) atoms. The number of piperidine rings is 1. The Bertz CT molecular complexity index is 903. The van der Waals surface area contributed by atoms with Gasteiger partial charge >= 0.3 is 12.3 Å². The summed E-state index contributed by atoms with van der Waals surface area (Å²) in [7, 11) is 1.68. The summed E-state index contributed by atoms with van der Waals surface area (Å²) < 4.78 is 44.5. The molecule has 192 valence electrons. The van der Waals surface area contributed by atoms with Crippen molar-refractivity contribution in [2.45, 2.75) is 77.0 Å². The molecule has 0 bridgehead atoms. The normalized spacial score (nSPS) is 20.0. The van der Waals surface area contributed by atoms with Gasteiger partial charge in [-0.2, -0.15) is 13.2 Å². The van der Waals surface area contributed by atoms with E-state index in [0.29, 0.717) is 38.2 Å². The molecule has 1 fully saturated rings. The predicted molar refractivity (Wildman–Crippen MR) is 117 cm³/mol. The number of alkyl halides is 3. The number of ether oxygens (including phenoxy) is 1. The van der Waals surface area contributed by atoms with Crippen LogP contribution in [-0.4, -0.2) is 98.0 Å². The number of aromatic nitrogens is 2. The van der Waals surface area contributed by atoms with Crippen LogP contribution in [0.15, 0.2) is 6.20 Å². The highest BCUT2D eigenvalue weighted by Gasteiger charge is 2.42. The fourth-order valence-electron chi connectivity index (χ4n) is 4.30. The molecule has 2 aliphatic heterocycles. The van der Waals surface area contributed by atoms with Crippen molar-refractivity contribution in [1.29, 1.82) is 0 Å². The molecule has 1 unspecified atom stereocenters. The molecular weight excluding hydrogens is 455 g/mol. The minimum atomic E-state index is -4.61. The molecule has 0 saturated carbocycles. The lowest BCUT2D eigenvalue weighted by Gasteiger charge is -2.44. The van der Waals surface area contributed by atoms with Crippen LogP contribution in [0, 0.1) is 0 Å². The van der Waals surface area contributed by atoms with E-state index in [4.69, 9.17) is 0 Å². The van der Waals surface area contributed by atoms with Gasteiger partial charge in [0.15, 0.2) is 6.10 Å². The third-order valence-corrected chi connectivity index (χ3v) is 6.66. The van der Waals surface area contributed by atoms with Crippen LogP contribution in [0.1, 0.15) is 56.8 Å². The van der Waals surface area contributed by atoms with E-state index in [1.807, 2.05) is 11.5 Å². The zero-order chi connectivity index (χ0) is 25.5. The maximum atomic E-state index is 13.2. The molecule has 1 saturated heterocycles. The van der Waals surface area contributed by atoms with Gasteiger partial charge in [0.2, 0.25) is 0 Å². The molecule has 2 amide bonds. The van der Waals surface area contributed by atoms with Gasteiger partial charge in [0.25, 0.3) is 5.91 Å². The van der Waals surface area contributed by atoms with Crippen molar-refractivity contribution in [2.24, 2.45) is 0 Å². The Morgan fingerprint density at radius 1 is 1.24 bits per heavy atom. The average Bonchev–Trinajstić information content (AvgIpc) is 3.14. The standard InChI is InChI=1S/C22H34F3N5O4/c1-15(22(23,24)25)34-19(32)29-8-6-21(4,7-9-29)27(5)18(31)16-12-30-11-10-28(13-17(30)26-16)14-20(2,3)33/h12,15,33H,6-11,13-14H2,1-5H3. The van der Waals surface area contributed by atoms with Gasteiger partial charge in [-0.25, -0.2) is 9.78 Å². The number of nitrogens with zero attached hydrogens (tertiary/aromatic N) is 5. The predicted octanol–water partition coefficient (Wildman–Crippen LogP) is 2.48. The van der Waals surface area contributed by atoms with Crippen LogP contribution in [0.5, 0.6) is 0 Å². The van der Waals surface area contributed by atoms with E-state index < -0.39 is 29.5 Å². The fourth-order valence-corrected chi connectivity index (χ4v) is 4.30. The van der Waals surface area contributed by atoms with Crippen LogP contribution in [0.2, 0.25) is 0 Å². The zero-order valence-electron chi connectivity index (χ0n) is 20.4. The lowest BCUT2D eigenvalue weighted by atomic mass is 9.88. The first-order valence-corrected chi connectivity index (χ1v) is 11.4. The first kappa shape index (κ1) is 26.3. The SMILES string of the molecule is CC(OC(=O)N1CCC(C)(N(C)C(=O)c2cn3c(n2)CN(CC(C)(C)O)CC3)CC1)C(F)(F)F. The van der Waals surface area contributed by atoms with E-state index in [1.54, 1.807) is 32.0 Å². The molecule has 3 rings (SSSR count). The summed E-state index contributed by atoms with van der Waals surface area (Å²) in [6.07, 6.45) is -5.25. The Hall–Kier alpha value is -2.34. The van der Waals surface area contributed by atoms with E-state index in [0.717, 1.165) is 19.3 Å². The number of imidazole rings is 1. The van der Waals surface area contributed by atoms with Crippen LogP contribution in [0.25, 0.3) is 0 Å². The van der Waals surface area contributed by atoms with Crippen molar-refractivity contribution >= 4 is 12.0 Å². The molecule has 1 aromatic heterocycles. The third-order valence-electron chi connectivity index (χ3n) is 6.66. The van der Waals surface area contributed by atoms with Crippen molar-refractivity contribution < 1.29 is 32.6 Å². The molecule has 1 atom stereocenters. The number of amides is 2. The van der Waals surface area contributed by atoms with Gasteiger partial charge < -0.3 is 24.2 Å². The summed E-state index contributed by atoms with van der Waals surface area (Å²) in [5.74, 6) is 0.508. The molecule has 1 N–H and O–H groups in total. The molecule has 3 heterocycles. The van der Waals surface area contributed by atoms with Crippen LogP contribution < -0.4 is 0 Å². The van der Waals surface area contributed by atoms with Crippen LogP contribution in [0.3, 0.4) is 0 Å². The number of carbonyl (C=O) groups is 2. The van der Waals surface area contributed by atoms with Gasteiger partial charge in [0.1, 0.15) is 11.5 Å². The van der Waals surface area contributed by atoms with Gasteiger partial charge in [-0.1, -0.05) is 0 Å². The highest BCUT2D eigenvalue weighted by Crippen LogP contribution is 2.30. The quantitative estimate of drug-likeness (QED) is 0.684. The van der Waals surface area contributed by atoms with E-state index in [2.05, 4.69) is 14.6 Å². The number of carbonyl (C=O) groups excluding carboxylic acids is 2. The smallest absolute Gasteiger partial charge is 0.425 e. The summed E-state index contributed by atoms with van der Waals surface area (Å²) in [5, 5.41) is 10.1. The van der Waals surface area contributed by atoms with Gasteiger partial charge in [0, 0.05) is 51.5 Å². The Morgan fingerprint density at radius 3 is 2.41 bits per heavy atom. The Kier molecular flexibility index (Phi) is 7.24. The average molecular weight is 490 g/mol. The van der Waals surface area contributed by atoms with Crippen molar-refractivity contribution in [1.82, 2.24) is 24.3 Å². The minimum absolute atomic E-state index is 0.184. The molecule has 2 aliphatic rings. The lowest BCUT2D eigenvalue weighted by Crippen LogP contribution is -2.55. The fraction of sp³-hybridized carbons (Fsp3) is 0.773. The van der Waals surface area contributed by atoms with E-state index in [1.165, 1.54) is 4.90 Å². The summed E-state index contributed by atoms with van der Waals surface area (Å²) in [4.78, 5) is 34.8. The summed E-state index contributed by atoms with van der Waals surface area (Å²) in [6, 6.07) is 0. The van der Waals surface area contributed by atoms with Crippen molar-refractivity contribution in [3.8, 4) is 0 Å². The number of rotatable bonds is 5. The second kappa shape index (κ2) is 9.37. The number of likely N-dealkylation sites (tertiary alicyclic amines) is 1. The molecule has 12 heteroatoms. The number of halogens is 3. The van der Waals surface area contributed by atoms with Crippen LogP contribution in [0.4, 0.5) is 18.0 Å². The molecule has 0 radical (unpaired) electrons. The number of fused-ring (bicyclic) bond motifs is 1. The second-order valence-electron chi connectivity index (χ2n) is 10.2. The zero-order valence-corrected chi connectivity index (χ0v) is 20.4. The maximum Gasteiger partial charge on any atom is 0.425 e. The minimum Gasteiger partial charge on any atom is -0.437 e. The molecule has 0 aromatic carbocycles. The first-order valence-electron chi connectivity index (χ1n) is 11.4. The van der Waals surface area contributed by atoms with Crippen molar-refractivity contribution in [2.75, 3.05) is 33.2 Å². The Morgan fingerprint density at radius 2 is 1.85 bits per heavy atom. The molecule has 0 spiro atoms. The lowest BCUT2D eigenvalue weighted by molar-refractivity contribution is -0.200. The third kappa shape index (κ3) is 6.01. The van der Waals surface area contributed by atoms with Crippen LogP contribution >= 0.6 is 0 Å². The van der Waals surface area contributed by atoms with E-state index >= 15 is 0 Å². The summed E-state index contributed by atoms with van der Waals surface area (Å²) >= 11 is 0. The van der Waals surface area contributed by atoms with E-state index in [-0.39, 0.29) is 19.0 Å². The van der Waals surface area contributed by atoms with Crippen molar-refractivity contribution in [3.63, 3.8) is 0 Å². The number of β-amino-alcohol motifs (C(OH)–C–C–N with tert-alkyl or cyclic N) is 1. The van der Waals surface area contributed by atoms with Gasteiger partial charge in [-0.05, 0) is 40.5 Å². The maximum absolute atomic E-state index is 13.2. The van der Waals surface area contributed by atoms with Gasteiger partial charge in [0.05, 0.1) is 12.1 Å².